The van der Waals surface area contributed by atoms with Gasteiger partial charge in [0.05, 0.1) is 6.04 Å². The maximum atomic E-state index is 13.8. The molecule has 5 heteroatoms. The second-order valence-electron chi connectivity index (χ2n) is 3.70. The van der Waals surface area contributed by atoms with Crippen LogP contribution in [0.15, 0.2) is 33.2 Å². The van der Waals surface area contributed by atoms with Gasteiger partial charge in [0.15, 0.2) is 0 Å². The van der Waals surface area contributed by atoms with Crippen LogP contribution in [-0.4, -0.2) is 0 Å². The van der Waals surface area contributed by atoms with E-state index in [0.717, 1.165) is 18.7 Å². The Bertz CT molecular complexity index is 534. The van der Waals surface area contributed by atoms with Crippen LogP contribution in [0.5, 0.6) is 0 Å². The van der Waals surface area contributed by atoms with Gasteiger partial charge in [-0.1, -0.05) is 22.0 Å². The lowest BCUT2D eigenvalue weighted by Crippen LogP contribution is -2.12. The molecule has 1 atom stereocenters. The second kappa shape index (κ2) is 5.18. The fraction of sp³-hybridized carbons (Fsp3) is 0.167. The van der Waals surface area contributed by atoms with Crippen molar-refractivity contribution >= 4 is 43.2 Å². The molecule has 0 radical (unpaired) electrons. The Labute approximate surface area is 120 Å². The summed E-state index contributed by atoms with van der Waals surface area (Å²) in [4.78, 5) is 2.10. The summed E-state index contributed by atoms with van der Waals surface area (Å²) < 4.78 is 15.5. The molecule has 0 aliphatic rings. The molecule has 1 heterocycles. The zero-order valence-corrected chi connectivity index (χ0v) is 13.0. The average Bonchev–Trinajstić information content (AvgIpc) is 2.58. The summed E-state index contributed by atoms with van der Waals surface area (Å²) in [5, 5.41) is 0. The van der Waals surface area contributed by atoms with Crippen molar-refractivity contribution in [3.05, 3.63) is 54.3 Å². The molecule has 1 nitrogen and oxygen atoms in total. The minimum absolute atomic E-state index is 0.283. The SMILES string of the molecule is Cc1sc(C(N)c2ccc(Br)cc2F)cc1Br. The summed E-state index contributed by atoms with van der Waals surface area (Å²) >= 11 is 8.25. The summed E-state index contributed by atoms with van der Waals surface area (Å²) in [6, 6.07) is 6.48. The molecule has 1 aromatic heterocycles. The van der Waals surface area contributed by atoms with Crippen LogP contribution in [0.25, 0.3) is 0 Å². The molecule has 0 saturated heterocycles. The third kappa shape index (κ3) is 2.78. The maximum absolute atomic E-state index is 13.8. The first kappa shape index (κ1) is 13.2. The van der Waals surface area contributed by atoms with E-state index in [1.807, 2.05) is 13.0 Å². The van der Waals surface area contributed by atoms with Crippen LogP contribution < -0.4 is 5.73 Å². The molecule has 1 aromatic carbocycles. The molecule has 2 N–H and O–H groups in total. The third-order valence-corrected chi connectivity index (χ3v) is 5.19. The van der Waals surface area contributed by atoms with Gasteiger partial charge in [0.2, 0.25) is 0 Å². The third-order valence-electron chi connectivity index (χ3n) is 2.48. The Morgan fingerprint density at radius 1 is 1.29 bits per heavy atom. The van der Waals surface area contributed by atoms with Crippen LogP contribution in [0.2, 0.25) is 0 Å². The van der Waals surface area contributed by atoms with Gasteiger partial charge in [-0.05, 0) is 41.1 Å². The Morgan fingerprint density at radius 2 is 2.00 bits per heavy atom. The van der Waals surface area contributed by atoms with E-state index in [1.54, 1.807) is 23.5 Å². The first-order chi connectivity index (χ1) is 7.99. The van der Waals surface area contributed by atoms with Crippen LogP contribution in [-0.2, 0) is 0 Å². The Balaban J connectivity index is 2.39. The lowest BCUT2D eigenvalue weighted by atomic mass is 10.1. The molecule has 17 heavy (non-hydrogen) atoms. The van der Waals surface area contributed by atoms with E-state index in [2.05, 4.69) is 31.9 Å². The lowest BCUT2D eigenvalue weighted by molar-refractivity contribution is 0.600. The highest BCUT2D eigenvalue weighted by atomic mass is 79.9. The molecule has 2 aromatic rings. The van der Waals surface area contributed by atoms with Gasteiger partial charge >= 0.3 is 0 Å². The van der Waals surface area contributed by atoms with Gasteiger partial charge in [-0.25, -0.2) is 4.39 Å². The predicted molar refractivity (Wildman–Crippen MR) is 76.9 cm³/mol. The lowest BCUT2D eigenvalue weighted by Gasteiger charge is -2.11. The van der Waals surface area contributed by atoms with Crippen LogP contribution in [0.1, 0.15) is 21.4 Å². The van der Waals surface area contributed by atoms with E-state index in [-0.39, 0.29) is 5.82 Å². The molecular formula is C12H10Br2FNS. The van der Waals surface area contributed by atoms with Gasteiger partial charge in [-0.3, -0.25) is 0 Å². The molecule has 0 bridgehead atoms. The van der Waals surface area contributed by atoms with Crippen molar-refractivity contribution in [1.29, 1.82) is 0 Å². The highest BCUT2D eigenvalue weighted by Crippen LogP contribution is 2.33. The second-order valence-corrected chi connectivity index (χ2v) is 6.75. The predicted octanol–water partition coefficient (Wildman–Crippen LogP) is 4.77. The topological polar surface area (TPSA) is 26.0 Å². The standard InChI is InChI=1S/C12H10Br2FNS/c1-6-9(14)5-11(17-6)12(16)8-3-2-7(13)4-10(8)15/h2-5,12H,16H2,1H3. The van der Waals surface area contributed by atoms with Gasteiger partial charge in [0.1, 0.15) is 5.82 Å². The van der Waals surface area contributed by atoms with Gasteiger partial charge in [0, 0.05) is 24.3 Å². The van der Waals surface area contributed by atoms with E-state index in [1.165, 1.54) is 6.07 Å². The number of rotatable bonds is 2. The molecule has 2 rings (SSSR count). The number of thiophene rings is 1. The minimum Gasteiger partial charge on any atom is -0.320 e. The molecule has 0 aliphatic heterocycles. The van der Waals surface area contributed by atoms with Gasteiger partial charge < -0.3 is 5.73 Å². The van der Waals surface area contributed by atoms with Crippen molar-refractivity contribution in [3.63, 3.8) is 0 Å². The van der Waals surface area contributed by atoms with Gasteiger partial charge in [0.25, 0.3) is 0 Å². The van der Waals surface area contributed by atoms with E-state index in [0.29, 0.717) is 5.56 Å². The summed E-state index contributed by atoms with van der Waals surface area (Å²) in [5.74, 6) is -0.283. The number of nitrogens with two attached hydrogens (primary N) is 1. The summed E-state index contributed by atoms with van der Waals surface area (Å²) in [7, 11) is 0. The number of benzene rings is 1. The van der Waals surface area contributed by atoms with Crippen molar-refractivity contribution in [3.8, 4) is 0 Å². The summed E-state index contributed by atoms with van der Waals surface area (Å²) in [6.45, 7) is 2.00. The van der Waals surface area contributed by atoms with E-state index >= 15 is 0 Å². The average molecular weight is 379 g/mol. The first-order valence-electron chi connectivity index (χ1n) is 4.95. The van der Waals surface area contributed by atoms with Crippen molar-refractivity contribution in [1.82, 2.24) is 0 Å². The molecule has 0 aliphatic carbocycles. The van der Waals surface area contributed by atoms with E-state index < -0.39 is 6.04 Å². The van der Waals surface area contributed by atoms with Crippen LogP contribution in [0.4, 0.5) is 4.39 Å². The zero-order chi connectivity index (χ0) is 12.6. The molecule has 0 amide bonds. The maximum Gasteiger partial charge on any atom is 0.129 e. The summed E-state index contributed by atoms with van der Waals surface area (Å²) in [6.07, 6.45) is 0. The molecule has 0 saturated carbocycles. The number of hydrogen-bond acceptors (Lipinski definition) is 2. The van der Waals surface area contributed by atoms with Crippen LogP contribution in [0.3, 0.4) is 0 Å². The molecular weight excluding hydrogens is 369 g/mol. The van der Waals surface area contributed by atoms with E-state index in [4.69, 9.17) is 5.73 Å². The highest BCUT2D eigenvalue weighted by Gasteiger charge is 2.16. The normalized spacial score (nSPS) is 12.8. The Morgan fingerprint density at radius 3 is 2.53 bits per heavy atom. The number of halogens is 3. The number of hydrogen-bond donors (Lipinski definition) is 1. The van der Waals surface area contributed by atoms with Crippen molar-refractivity contribution in [2.45, 2.75) is 13.0 Å². The van der Waals surface area contributed by atoms with Crippen molar-refractivity contribution in [2.24, 2.45) is 5.73 Å². The largest absolute Gasteiger partial charge is 0.320 e. The van der Waals surface area contributed by atoms with Crippen molar-refractivity contribution < 1.29 is 4.39 Å². The smallest absolute Gasteiger partial charge is 0.129 e. The fourth-order valence-corrected chi connectivity index (χ4v) is 3.46. The number of aryl methyl sites for hydroxylation is 1. The molecule has 0 fully saturated rings. The Hall–Kier alpha value is -0.230. The van der Waals surface area contributed by atoms with E-state index in [9.17, 15) is 4.39 Å². The quantitative estimate of drug-likeness (QED) is 0.800. The molecule has 1 unspecified atom stereocenters. The summed E-state index contributed by atoms with van der Waals surface area (Å²) in [5.41, 5.74) is 6.60. The monoisotopic (exact) mass is 377 g/mol. The Kier molecular flexibility index (Phi) is 4.02. The van der Waals surface area contributed by atoms with Crippen LogP contribution in [0, 0.1) is 12.7 Å². The minimum atomic E-state index is -0.418. The molecule has 0 spiro atoms. The van der Waals surface area contributed by atoms with Gasteiger partial charge in [-0.2, -0.15) is 0 Å². The zero-order valence-electron chi connectivity index (χ0n) is 9.01. The van der Waals surface area contributed by atoms with Gasteiger partial charge in [-0.15, -0.1) is 11.3 Å². The molecule has 90 valence electrons. The first-order valence-corrected chi connectivity index (χ1v) is 7.35. The van der Waals surface area contributed by atoms with Crippen LogP contribution >= 0.6 is 43.2 Å². The fourth-order valence-electron chi connectivity index (χ4n) is 1.54. The van der Waals surface area contributed by atoms with Crippen molar-refractivity contribution in [2.75, 3.05) is 0 Å². The highest BCUT2D eigenvalue weighted by molar-refractivity contribution is 9.10.